The summed E-state index contributed by atoms with van der Waals surface area (Å²) in [6.07, 6.45) is 0.449. The van der Waals surface area contributed by atoms with Crippen LogP contribution in [0.1, 0.15) is 30.1 Å². The van der Waals surface area contributed by atoms with E-state index < -0.39 is 40.4 Å². The molecule has 0 spiro atoms. The van der Waals surface area contributed by atoms with Gasteiger partial charge in [-0.25, -0.2) is 13.2 Å². The molecule has 2 aromatic rings. The average Bonchev–Trinajstić information content (AvgIpc) is 3.44. The van der Waals surface area contributed by atoms with Crippen molar-refractivity contribution in [3.63, 3.8) is 0 Å². The van der Waals surface area contributed by atoms with Crippen molar-refractivity contribution in [2.75, 3.05) is 10.6 Å². The van der Waals surface area contributed by atoms with E-state index in [2.05, 4.69) is 10.6 Å². The van der Waals surface area contributed by atoms with E-state index in [-0.39, 0.29) is 18.6 Å². The first-order chi connectivity index (χ1) is 12.7. The zero-order valence-corrected chi connectivity index (χ0v) is 14.2. The van der Waals surface area contributed by atoms with Crippen LogP contribution in [-0.2, 0) is 9.59 Å². The fraction of sp³-hybridized carbons (Fsp3) is 0.211. The number of ketones is 1. The molecular formula is C19H15F3N2O3. The van der Waals surface area contributed by atoms with E-state index in [1.807, 2.05) is 0 Å². The summed E-state index contributed by atoms with van der Waals surface area (Å²) in [6, 6.07) is 7.78. The van der Waals surface area contributed by atoms with E-state index in [0.717, 1.165) is 6.07 Å². The van der Waals surface area contributed by atoms with Crippen LogP contribution in [0.3, 0.4) is 0 Å². The molecule has 2 aromatic carbocycles. The lowest BCUT2D eigenvalue weighted by Crippen LogP contribution is -2.36. The molecule has 27 heavy (non-hydrogen) atoms. The third kappa shape index (κ3) is 3.55. The number of hydrogen-bond acceptors (Lipinski definition) is 3. The molecule has 0 atom stereocenters. The first-order valence-electron chi connectivity index (χ1n) is 8.12. The Hall–Kier alpha value is -3.16. The first kappa shape index (κ1) is 18.6. The minimum absolute atomic E-state index is 0.182. The van der Waals surface area contributed by atoms with Gasteiger partial charge in [-0.1, -0.05) is 12.1 Å². The molecule has 2 N–H and O–H groups in total. The van der Waals surface area contributed by atoms with Crippen molar-refractivity contribution < 1.29 is 27.6 Å². The lowest BCUT2D eigenvalue weighted by Gasteiger charge is -2.16. The van der Waals surface area contributed by atoms with Crippen LogP contribution >= 0.6 is 0 Å². The quantitative estimate of drug-likeness (QED) is 0.475. The van der Waals surface area contributed by atoms with Gasteiger partial charge >= 0.3 is 0 Å². The molecule has 0 saturated heterocycles. The number of rotatable bonds is 5. The van der Waals surface area contributed by atoms with Gasteiger partial charge in [0.2, 0.25) is 11.8 Å². The van der Waals surface area contributed by atoms with Crippen LogP contribution in [0.5, 0.6) is 0 Å². The van der Waals surface area contributed by atoms with Gasteiger partial charge in [-0.05, 0) is 44.0 Å². The lowest BCUT2D eigenvalue weighted by atomic mass is 10.0. The Balaban J connectivity index is 1.75. The Morgan fingerprint density at radius 2 is 1.59 bits per heavy atom. The highest BCUT2D eigenvalue weighted by molar-refractivity contribution is 6.17. The van der Waals surface area contributed by atoms with Gasteiger partial charge in [-0.2, -0.15) is 0 Å². The molecule has 8 heteroatoms. The number of Topliss-reactive ketones (excluding diaryl/α,β-unsaturated/α-hetero) is 1. The maximum Gasteiger partial charge on any atom is 0.240 e. The average molecular weight is 376 g/mol. The largest absolute Gasteiger partial charge is 0.325 e. The van der Waals surface area contributed by atoms with Crippen molar-refractivity contribution in [3.8, 4) is 0 Å². The van der Waals surface area contributed by atoms with Gasteiger partial charge in [-0.15, -0.1) is 0 Å². The number of carbonyl (C=O) groups is 3. The molecule has 0 heterocycles. The second-order valence-electron chi connectivity index (χ2n) is 6.35. The van der Waals surface area contributed by atoms with Crippen LogP contribution in [-0.4, -0.2) is 17.6 Å². The highest BCUT2D eigenvalue weighted by Gasteiger charge is 2.56. The molecule has 1 fully saturated rings. The van der Waals surface area contributed by atoms with Crippen LogP contribution < -0.4 is 10.6 Å². The van der Waals surface area contributed by atoms with Crippen molar-refractivity contribution in [2.45, 2.75) is 19.8 Å². The van der Waals surface area contributed by atoms with Gasteiger partial charge in [0.25, 0.3) is 0 Å². The number of carbonyl (C=O) groups excluding carboxylic acids is 3. The van der Waals surface area contributed by atoms with Crippen molar-refractivity contribution in [2.24, 2.45) is 5.41 Å². The number of nitrogens with one attached hydrogen (secondary N) is 2. The number of anilines is 2. The molecule has 140 valence electrons. The molecule has 1 aliphatic carbocycles. The lowest BCUT2D eigenvalue weighted by molar-refractivity contribution is -0.131. The van der Waals surface area contributed by atoms with Crippen LogP contribution in [0, 0.1) is 22.9 Å². The van der Waals surface area contributed by atoms with E-state index in [4.69, 9.17) is 0 Å². The van der Waals surface area contributed by atoms with E-state index >= 15 is 0 Å². The summed E-state index contributed by atoms with van der Waals surface area (Å²) in [7, 11) is 0. The zero-order chi connectivity index (χ0) is 19.8. The highest BCUT2D eigenvalue weighted by atomic mass is 19.2. The number of benzene rings is 2. The van der Waals surface area contributed by atoms with Gasteiger partial charge in [0.05, 0.1) is 5.69 Å². The Kier molecular flexibility index (Phi) is 4.73. The molecule has 0 unspecified atom stereocenters. The van der Waals surface area contributed by atoms with E-state index in [1.54, 1.807) is 18.2 Å². The Morgan fingerprint density at radius 1 is 0.926 bits per heavy atom. The monoisotopic (exact) mass is 376 g/mol. The van der Waals surface area contributed by atoms with Crippen molar-refractivity contribution in [1.29, 1.82) is 0 Å². The van der Waals surface area contributed by atoms with Crippen molar-refractivity contribution in [3.05, 3.63) is 59.4 Å². The third-order valence-corrected chi connectivity index (χ3v) is 4.43. The van der Waals surface area contributed by atoms with E-state index in [0.29, 0.717) is 17.3 Å². The summed E-state index contributed by atoms with van der Waals surface area (Å²) in [4.78, 5) is 36.4. The summed E-state index contributed by atoms with van der Waals surface area (Å²) >= 11 is 0. The van der Waals surface area contributed by atoms with E-state index in [9.17, 15) is 27.6 Å². The number of halogens is 3. The number of hydrogen-bond donors (Lipinski definition) is 2. The predicted octanol–water partition coefficient (Wildman–Crippen LogP) is 3.66. The van der Waals surface area contributed by atoms with Gasteiger partial charge in [-0.3, -0.25) is 14.4 Å². The molecule has 3 rings (SSSR count). The van der Waals surface area contributed by atoms with Crippen molar-refractivity contribution >= 4 is 29.0 Å². The SMILES string of the molecule is CC(=O)c1cccc(NC(=O)C2(C(=O)Nc3ccc(F)c(F)c3F)CC2)c1. The molecule has 2 amide bonds. The Labute approximate surface area is 152 Å². The predicted molar refractivity (Wildman–Crippen MR) is 91.7 cm³/mol. The molecule has 1 saturated carbocycles. The first-order valence-corrected chi connectivity index (χ1v) is 8.12. The molecule has 0 aliphatic heterocycles. The second kappa shape index (κ2) is 6.86. The zero-order valence-electron chi connectivity index (χ0n) is 14.2. The fourth-order valence-electron chi connectivity index (χ4n) is 2.61. The Morgan fingerprint density at radius 3 is 2.22 bits per heavy atom. The molecular weight excluding hydrogens is 361 g/mol. The van der Waals surface area contributed by atoms with Gasteiger partial charge in [0, 0.05) is 11.3 Å². The second-order valence-corrected chi connectivity index (χ2v) is 6.35. The fourth-order valence-corrected chi connectivity index (χ4v) is 2.61. The minimum atomic E-state index is -1.71. The molecule has 0 aromatic heterocycles. The van der Waals surface area contributed by atoms with Crippen molar-refractivity contribution in [1.82, 2.24) is 0 Å². The normalized spacial score (nSPS) is 14.4. The topological polar surface area (TPSA) is 75.3 Å². The van der Waals surface area contributed by atoms with Gasteiger partial charge < -0.3 is 10.6 Å². The van der Waals surface area contributed by atoms with Crippen LogP contribution in [0.4, 0.5) is 24.5 Å². The summed E-state index contributed by atoms with van der Waals surface area (Å²) in [5.41, 5.74) is -1.24. The standard InChI is InChI=1S/C19H15F3N2O3/c1-10(25)11-3-2-4-12(9-11)23-17(26)19(7-8-19)18(27)24-14-6-5-13(20)15(21)16(14)22/h2-6,9H,7-8H2,1H3,(H,23,26)(H,24,27). The third-order valence-electron chi connectivity index (χ3n) is 4.43. The van der Waals surface area contributed by atoms with Crippen LogP contribution in [0.2, 0.25) is 0 Å². The Bertz CT molecular complexity index is 955. The number of amides is 2. The van der Waals surface area contributed by atoms with Crippen LogP contribution in [0.15, 0.2) is 36.4 Å². The van der Waals surface area contributed by atoms with E-state index in [1.165, 1.54) is 13.0 Å². The molecule has 0 bridgehead atoms. The molecule has 0 radical (unpaired) electrons. The van der Waals surface area contributed by atoms with Gasteiger partial charge in [0.1, 0.15) is 5.41 Å². The summed E-state index contributed by atoms with van der Waals surface area (Å²) in [6.45, 7) is 1.38. The maximum atomic E-state index is 13.7. The molecule has 1 aliphatic rings. The molecule has 5 nitrogen and oxygen atoms in total. The van der Waals surface area contributed by atoms with Gasteiger partial charge in [0.15, 0.2) is 23.2 Å². The summed E-state index contributed by atoms with van der Waals surface area (Å²) in [5.74, 6) is -6.23. The minimum Gasteiger partial charge on any atom is -0.325 e. The summed E-state index contributed by atoms with van der Waals surface area (Å²) in [5, 5.41) is 4.70. The smallest absolute Gasteiger partial charge is 0.240 e. The summed E-state index contributed by atoms with van der Waals surface area (Å²) < 4.78 is 40.0. The maximum absolute atomic E-state index is 13.7. The van der Waals surface area contributed by atoms with Crippen LogP contribution in [0.25, 0.3) is 0 Å². The highest BCUT2D eigenvalue weighted by Crippen LogP contribution is 2.47.